The topological polar surface area (TPSA) is 109 Å². The van der Waals surface area contributed by atoms with Crippen LogP contribution in [0.25, 0.3) is 15.7 Å². The number of phenolic OH excluding ortho intramolecular Hbond substituents is 1. The number of hydrogen-bond acceptors (Lipinski definition) is 4. The lowest BCUT2D eigenvalue weighted by Crippen LogP contribution is -2.12. The highest BCUT2D eigenvalue weighted by atomic mass is 32.2. The average Bonchev–Trinajstić information content (AvgIpc) is 2.28. The molecule has 0 aromatic heterocycles. The Labute approximate surface area is 97.0 Å². The number of phenols is 1. The number of hydrogen-bond donors (Lipinski definition) is 2. The zero-order valence-corrected chi connectivity index (χ0v) is 9.35. The third-order valence-corrected chi connectivity index (χ3v) is 3.32. The van der Waals surface area contributed by atoms with E-state index >= 15 is 0 Å². The minimum absolute atomic E-state index is 0.196. The highest BCUT2D eigenvalue weighted by Gasteiger charge is 2.24. The van der Waals surface area contributed by atoms with E-state index in [-0.39, 0.29) is 27.1 Å². The van der Waals surface area contributed by atoms with Crippen LogP contribution in [0.2, 0.25) is 0 Å². The molecule has 0 unspecified atom stereocenters. The number of benzene rings is 2. The van der Waals surface area contributed by atoms with Crippen molar-refractivity contribution in [3.8, 4) is 5.75 Å². The summed E-state index contributed by atoms with van der Waals surface area (Å²) in [5.74, 6) is -0.296. The van der Waals surface area contributed by atoms with Crippen molar-refractivity contribution in [2.75, 3.05) is 0 Å². The quantitative estimate of drug-likeness (QED) is 0.750. The van der Waals surface area contributed by atoms with E-state index in [4.69, 9.17) is 10.5 Å². The third kappa shape index (κ3) is 1.80. The molecule has 0 aliphatic rings. The number of nitrogens with two attached hydrogens (primary N) is 1. The predicted octanol–water partition coefficient (Wildman–Crippen LogP) is 1.68. The van der Waals surface area contributed by atoms with E-state index in [1.54, 1.807) is 12.1 Å². The number of primary sulfonamides is 1. The summed E-state index contributed by atoms with van der Waals surface area (Å²) in [7, 11) is -3.96. The van der Waals surface area contributed by atoms with Gasteiger partial charge in [-0.05, 0) is 0 Å². The maximum Gasteiger partial charge on any atom is 0.428 e. The van der Waals surface area contributed by atoms with Crippen LogP contribution in [0.3, 0.4) is 0 Å². The van der Waals surface area contributed by atoms with E-state index in [1.165, 1.54) is 12.1 Å². The van der Waals surface area contributed by atoms with Gasteiger partial charge in [0.15, 0.2) is 4.98 Å². The third-order valence-electron chi connectivity index (χ3n) is 2.37. The summed E-state index contributed by atoms with van der Waals surface area (Å²) in [5.41, 5.74) is -0.243. The van der Waals surface area contributed by atoms with Gasteiger partial charge in [0.25, 0.3) is 0 Å². The molecule has 0 spiro atoms. The van der Waals surface area contributed by atoms with Gasteiger partial charge in [-0.25, -0.2) is 13.6 Å². The molecule has 2 aromatic carbocycles. The second kappa shape index (κ2) is 3.69. The van der Waals surface area contributed by atoms with Gasteiger partial charge in [-0.2, -0.15) is 0 Å². The van der Waals surface area contributed by atoms with Crippen LogP contribution in [0.15, 0.2) is 35.2 Å². The number of rotatable bonds is 1. The number of fused-ring (bicyclic) bond motifs is 1. The lowest BCUT2D eigenvalue weighted by molar-refractivity contribution is 0.484. The van der Waals surface area contributed by atoms with Crippen LogP contribution < -0.4 is 5.14 Å². The lowest BCUT2D eigenvalue weighted by atomic mass is 10.1. The van der Waals surface area contributed by atoms with Crippen molar-refractivity contribution in [1.82, 2.24) is 0 Å². The number of diazo groups is 1. The minimum Gasteiger partial charge on any atom is -0.501 e. The smallest absolute Gasteiger partial charge is 0.428 e. The summed E-state index contributed by atoms with van der Waals surface area (Å²) in [6.45, 7) is 0. The molecule has 0 saturated heterocycles. The Morgan fingerprint density at radius 2 is 1.82 bits per heavy atom. The predicted molar refractivity (Wildman–Crippen MR) is 61.7 cm³/mol. The summed E-state index contributed by atoms with van der Waals surface area (Å²) < 4.78 is 22.8. The normalized spacial score (nSPS) is 11.3. The standard InChI is InChI=1S/C10H7N3O3S/c11-13-8-5-9(17(12,15)16)6-3-1-2-4-7(6)10(8)14/h1-5H,(H2-,12,14,15,16)/p+1. The zero-order valence-electron chi connectivity index (χ0n) is 8.53. The Kier molecular flexibility index (Phi) is 2.46. The van der Waals surface area contributed by atoms with E-state index in [0.29, 0.717) is 0 Å². The van der Waals surface area contributed by atoms with Gasteiger partial charge in [0, 0.05) is 10.8 Å². The van der Waals surface area contributed by atoms with Gasteiger partial charge in [0.05, 0.1) is 11.0 Å². The average molecular weight is 250 g/mol. The van der Waals surface area contributed by atoms with Crippen molar-refractivity contribution in [2.45, 2.75) is 4.90 Å². The molecule has 6 nitrogen and oxygen atoms in total. The summed E-state index contributed by atoms with van der Waals surface area (Å²) in [4.78, 5) is 2.63. The number of nitrogens with zero attached hydrogens (tertiary/aromatic N) is 2. The summed E-state index contributed by atoms with van der Waals surface area (Å²) in [6.07, 6.45) is 0. The molecular weight excluding hydrogens is 242 g/mol. The second-order valence-electron chi connectivity index (χ2n) is 3.43. The first-order valence-corrected chi connectivity index (χ1v) is 6.12. The van der Waals surface area contributed by atoms with Crippen LogP contribution >= 0.6 is 0 Å². The Morgan fingerprint density at radius 3 is 2.35 bits per heavy atom. The molecule has 0 saturated carbocycles. The molecule has 17 heavy (non-hydrogen) atoms. The molecule has 0 heterocycles. The second-order valence-corrected chi connectivity index (χ2v) is 4.96. The Hall–Kier alpha value is -2.17. The molecule has 2 rings (SSSR count). The lowest BCUT2D eigenvalue weighted by Gasteiger charge is -2.03. The van der Waals surface area contributed by atoms with Gasteiger partial charge < -0.3 is 5.11 Å². The molecule has 0 bridgehead atoms. The highest BCUT2D eigenvalue weighted by Crippen LogP contribution is 2.38. The molecule has 0 aliphatic heterocycles. The van der Waals surface area contributed by atoms with Crippen molar-refractivity contribution in [3.63, 3.8) is 0 Å². The number of aromatic hydroxyl groups is 1. The fourth-order valence-corrected chi connectivity index (χ4v) is 2.38. The van der Waals surface area contributed by atoms with E-state index in [9.17, 15) is 13.5 Å². The fourth-order valence-electron chi connectivity index (χ4n) is 1.62. The van der Waals surface area contributed by atoms with Crippen molar-refractivity contribution >= 4 is 26.5 Å². The maximum absolute atomic E-state index is 11.4. The minimum atomic E-state index is -3.96. The van der Waals surface area contributed by atoms with Crippen molar-refractivity contribution < 1.29 is 13.5 Å². The molecule has 0 atom stereocenters. The van der Waals surface area contributed by atoms with Crippen LogP contribution in [0.1, 0.15) is 0 Å². The van der Waals surface area contributed by atoms with E-state index in [1.807, 2.05) is 0 Å². The van der Waals surface area contributed by atoms with E-state index < -0.39 is 10.0 Å². The first-order valence-electron chi connectivity index (χ1n) is 4.58. The van der Waals surface area contributed by atoms with Crippen LogP contribution in [0.5, 0.6) is 5.75 Å². The Bertz CT molecular complexity index is 747. The van der Waals surface area contributed by atoms with Gasteiger partial charge >= 0.3 is 5.69 Å². The van der Waals surface area contributed by atoms with Gasteiger partial charge in [0.1, 0.15) is 0 Å². The molecule has 0 radical (unpaired) electrons. The SMILES string of the molecule is N#[N+]c1cc(S(N)(=O)=O)c2ccccc2c1O. The monoisotopic (exact) mass is 250 g/mol. The molecule has 0 fully saturated rings. The first-order chi connectivity index (χ1) is 7.95. The fraction of sp³-hybridized carbons (Fsp3) is 0. The van der Waals surface area contributed by atoms with Crippen LogP contribution in [-0.4, -0.2) is 13.5 Å². The molecule has 2 aromatic rings. The van der Waals surface area contributed by atoms with Gasteiger partial charge in [0.2, 0.25) is 21.2 Å². The molecule has 3 N–H and O–H groups in total. The molecule has 0 aliphatic carbocycles. The zero-order chi connectivity index (χ0) is 12.6. The molecular formula is C10H8N3O3S+. The van der Waals surface area contributed by atoms with E-state index in [0.717, 1.165) is 6.07 Å². The van der Waals surface area contributed by atoms with Gasteiger partial charge in [-0.3, -0.25) is 0 Å². The largest absolute Gasteiger partial charge is 0.501 e. The first kappa shape index (κ1) is 11.3. The Balaban J connectivity index is 3.05. The molecule has 7 heteroatoms. The maximum atomic E-state index is 11.4. The summed E-state index contributed by atoms with van der Waals surface area (Å²) in [5, 5.41) is 24.0. The highest BCUT2D eigenvalue weighted by molar-refractivity contribution is 7.89. The van der Waals surface area contributed by atoms with Crippen molar-refractivity contribution in [1.29, 1.82) is 5.39 Å². The number of sulfonamides is 1. The summed E-state index contributed by atoms with van der Waals surface area (Å²) in [6, 6.07) is 7.28. The molecule has 0 amide bonds. The molecule has 86 valence electrons. The van der Waals surface area contributed by atoms with Crippen LogP contribution in [0, 0.1) is 5.39 Å². The van der Waals surface area contributed by atoms with Gasteiger partial charge in [-0.15, -0.1) is 0 Å². The van der Waals surface area contributed by atoms with Gasteiger partial charge in [-0.1, -0.05) is 24.3 Å². The van der Waals surface area contributed by atoms with Crippen LogP contribution in [-0.2, 0) is 10.0 Å². The van der Waals surface area contributed by atoms with Crippen molar-refractivity contribution in [3.05, 3.63) is 35.3 Å². The van der Waals surface area contributed by atoms with E-state index in [2.05, 4.69) is 4.98 Å². The Morgan fingerprint density at radius 1 is 1.24 bits per heavy atom. The summed E-state index contributed by atoms with van der Waals surface area (Å²) >= 11 is 0. The van der Waals surface area contributed by atoms with Crippen LogP contribution in [0.4, 0.5) is 5.69 Å². The van der Waals surface area contributed by atoms with Crippen molar-refractivity contribution in [2.24, 2.45) is 5.14 Å².